The maximum atomic E-state index is 12.7. The molecule has 3 heterocycles. The van der Waals surface area contributed by atoms with E-state index >= 15 is 0 Å². The number of carbonyl (C=O) groups is 1. The molecule has 1 aromatic heterocycles. The molecule has 0 aromatic carbocycles. The van der Waals surface area contributed by atoms with Gasteiger partial charge in [0, 0.05) is 32.4 Å². The molecule has 0 N–H and O–H groups in total. The molecular weight excluding hydrogens is 284 g/mol. The van der Waals surface area contributed by atoms with Crippen molar-refractivity contribution in [3.8, 4) is 0 Å². The molecule has 2 fully saturated rings. The Labute approximate surface area is 130 Å². The number of thioether (sulfide) groups is 1. The molecule has 2 saturated heterocycles. The first-order chi connectivity index (χ1) is 10.2. The van der Waals surface area contributed by atoms with Gasteiger partial charge in [-0.1, -0.05) is 6.92 Å². The summed E-state index contributed by atoms with van der Waals surface area (Å²) in [6.07, 6.45) is 6.76. The first-order valence-electron chi connectivity index (χ1n) is 7.60. The zero-order valence-corrected chi connectivity index (χ0v) is 13.5. The van der Waals surface area contributed by atoms with E-state index in [4.69, 9.17) is 0 Å². The Morgan fingerprint density at radius 1 is 1.38 bits per heavy atom. The van der Waals surface area contributed by atoms with Crippen LogP contribution >= 0.6 is 11.8 Å². The maximum Gasteiger partial charge on any atom is 0.230 e. The summed E-state index contributed by atoms with van der Waals surface area (Å²) in [6, 6.07) is 1.92. The van der Waals surface area contributed by atoms with Crippen LogP contribution in [0, 0.1) is 5.41 Å². The van der Waals surface area contributed by atoms with Crippen LogP contribution in [0.25, 0.3) is 0 Å². The molecule has 6 heteroatoms. The summed E-state index contributed by atoms with van der Waals surface area (Å²) in [5.74, 6) is 1.10. The zero-order chi connectivity index (χ0) is 14.9. The molecule has 0 saturated carbocycles. The van der Waals surface area contributed by atoms with Gasteiger partial charge in [-0.15, -0.1) is 11.8 Å². The van der Waals surface area contributed by atoms with Gasteiger partial charge in [0.05, 0.1) is 5.41 Å². The standard InChI is InChI=1S/C15H22N4OS/c1-3-8-18-9-5-15(13(18)20)6-10-19(11-15)14-16-7-4-12(17-14)21-2/h4,7H,3,5-6,8-11H2,1-2H3. The van der Waals surface area contributed by atoms with Gasteiger partial charge in [0.2, 0.25) is 11.9 Å². The summed E-state index contributed by atoms with van der Waals surface area (Å²) in [7, 11) is 0. The van der Waals surface area contributed by atoms with E-state index in [9.17, 15) is 4.79 Å². The zero-order valence-electron chi connectivity index (χ0n) is 12.7. The van der Waals surface area contributed by atoms with Gasteiger partial charge in [-0.2, -0.15) is 0 Å². The predicted octanol–water partition coefficient (Wildman–Crippen LogP) is 2.04. The van der Waals surface area contributed by atoms with Gasteiger partial charge in [0.25, 0.3) is 0 Å². The van der Waals surface area contributed by atoms with Crippen molar-refractivity contribution in [2.24, 2.45) is 5.41 Å². The largest absolute Gasteiger partial charge is 0.342 e. The fourth-order valence-electron chi connectivity index (χ4n) is 3.40. The van der Waals surface area contributed by atoms with E-state index < -0.39 is 0 Å². The Bertz CT molecular complexity index is 538. The Morgan fingerprint density at radius 3 is 2.95 bits per heavy atom. The Morgan fingerprint density at radius 2 is 2.19 bits per heavy atom. The lowest BCUT2D eigenvalue weighted by Gasteiger charge is -2.23. The number of amides is 1. The third kappa shape index (κ3) is 2.61. The van der Waals surface area contributed by atoms with Gasteiger partial charge >= 0.3 is 0 Å². The van der Waals surface area contributed by atoms with E-state index in [1.165, 1.54) is 0 Å². The van der Waals surface area contributed by atoms with Gasteiger partial charge in [-0.25, -0.2) is 9.97 Å². The lowest BCUT2D eigenvalue weighted by molar-refractivity contribution is -0.135. The topological polar surface area (TPSA) is 49.3 Å². The third-order valence-electron chi connectivity index (χ3n) is 4.56. The fraction of sp³-hybridized carbons (Fsp3) is 0.667. The van der Waals surface area contributed by atoms with Gasteiger partial charge < -0.3 is 9.80 Å². The first kappa shape index (κ1) is 14.6. The van der Waals surface area contributed by atoms with Crippen molar-refractivity contribution in [2.75, 3.05) is 37.3 Å². The van der Waals surface area contributed by atoms with Gasteiger partial charge in [0.1, 0.15) is 5.03 Å². The second kappa shape index (κ2) is 5.83. The van der Waals surface area contributed by atoms with E-state index in [-0.39, 0.29) is 5.41 Å². The molecule has 0 radical (unpaired) electrons. The molecule has 1 aromatic rings. The Kier molecular flexibility index (Phi) is 4.06. The average Bonchev–Trinajstić information content (AvgIpc) is 3.08. The molecule has 2 aliphatic heterocycles. The average molecular weight is 306 g/mol. The summed E-state index contributed by atoms with van der Waals surface area (Å²) >= 11 is 1.62. The van der Waals surface area contributed by atoms with Crippen LogP contribution < -0.4 is 4.90 Å². The number of likely N-dealkylation sites (tertiary alicyclic amines) is 1. The first-order valence-corrected chi connectivity index (χ1v) is 8.82. The van der Waals surface area contributed by atoms with Crippen molar-refractivity contribution in [3.63, 3.8) is 0 Å². The lowest BCUT2D eigenvalue weighted by atomic mass is 9.85. The van der Waals surface area contributed by atoms with E-state index in [0.29, 0.717) is 5.91 Å². The van der Waals surface area contributed by atoms with Gasteiger partial charge in [-0.3, -0.25) is 4.79 Å². The van der Waals surface area contributed by atoms with Crippen molar-refractivity contribution in [2.45, 2.75) is 31.2 Å². The summed E-state index contributed by atoms with van der Waals surface area (Å²) < 4.78 is 0. The van der Waals surface area contributed by atoms with E-state index in [1.54, 1.807) is 18.0 Å². The predicted molar refractivity (Wildman–Crippen MR) is 84.6 cm³/mol. The van der Waals surface area contributed by atoms with Crippen LogP contribution in [0.5, 0.6) is 0 Å². The molecule has 0 bridgehead atoms. The third-order valence-corrected chi connectivity index (χ3v) is 5.20. The highest BCUT2D eigenvalue weighted by Gasteiger charge is 2.50. The highest BCUT2D eigenvalue weighted by Crippen LogP contribution is 2.41. The number of anilines is 1. The Balaban J connectivity index is 1.74. The monoisotopic (exact) mass is 306 g/mol. The number of rotatable bonds is 4. The molecule has 0 aliphatic carbocycles. The van der Waals surface area contributed by atoms with Crippen LogP contribution in [0.1, 0.15) is 26.2 Å². The summed E-state index contributed by atoms with van der Waals surface area (Å²) in [5, 5.41) is 0.978. The molecule has 21 heavy (non-hydrogen) atoms. The minimum absolute atomic E-state index is 0.187. The molecule has 2 aliphatic rings. The molecule has 1 amide bonds. The normalized spacial score (nSPS) is 25.3. The van der Waals surface area contributed by atoms with Crippen LogP contribution in [0.2, 0.25) is 0 Å². The molecule has 1 unspecified atom stereocenters. The van der Waals surface area contributed by atoms with Crippen LogP contribution in [0.4, 0.5) is 5.95 Å². The van der Waals surface area contributed by atoms with Crippen LogP contribution in [-0.4, -0.2) is 53.2 Å². The second-order valence-corrected chi connectivity index (χ2v) is 6.72. The van der Waals surface area contributed by atoms with Crippen LogP contribution in [0.15, 0.2) is 17.3 Å². The van der Waals surface area contributed by atoms with Crippen molar-refractivity contribution in [1.29, 1.82) is 0 Å². The minimum Gasteiger partial charge on any atom is -0.342 e. The number of aromatic nitrogens is 2. The SMILES string of the molecule is CCCN1CCC2(CCN(c3nccc(SC)n3)C2)C1=O. The van der Waals surface area contributed by atoms with Gasteiger partial charge in [0.15, 0.2) is 0 Å². The lowest BCUT2D eigenvalue weighted by Crippen LogP contribution is -2.37. The van der Waals surface area contributed by atoms with E-state index in [0.717, 1.165) is 56.4 Å². The van der Waals surface area contributed by atoms with Crippen molar-refractivity contribution < 1.29 is 4.79 Å². The van der Waals surface area contributed by atoms with Crippen LogP contribution in [-0.2, 0) is 4.79 Å². The fourth-order valence-corrected chi connectivity index (χ4v) is 3.77. The molecule has 1 atom stereocenters. The highest BCUT2D eigenvalue weighted by molar-refractivity contribution is 7.98. The Hall–Kier alpha value is -1.30. The molecular formula is C15H22N4OS. The smallest absolute Gasteiger partial charge is 0.230 e. The molecule has 1 spiro atoms. The van der Waals surface area contributed by atoms with Crippen LogP contribution in [0.3, 0.4) is 0 Å². The van der Waals surface area contributed by atoms with Crippen molar-refractivity contribution >= 4 is 23.6 Å². The molecule has 3 rings (SSSR count). The van der Waals surface area contributed by atoms with E-state index in [1.807, 2.05) is 17.2 Å². The van der Waals surface area contributed by atoms with E-state index in [2.05, 4.69) is 21.8 Å². The molecule has 5 nitrogen and oxygen atoms in total. The van der Waals surface area contributed by atoms with Crippen molar-refractivity contribution in [3.05, 3.63) is 12.3 Å². The number of nitrogens with zero attached hydrogens (tertiary/aromatic N) is 4. The maximum absolute atomic E-state index is 12.7. The van der Waals surface area contributed by atoms with Crippen molar-refractivity contribution in [1.82, 2.24) is 14.9 Å². The summed E-state index contributed by atoms with van der Waals surface area (Å²) in [4.78, 5) is 25.8. The number of carbonyl (C=O) groups excluding carboxylic acids is 1. The minimum atomic E-state index is -0.187. The molecule has 114 valence electrons. The second-order valence-electron chi connectivity index (χ2n) is 5.89. The number of hydrogen-bond acceptors (Lipinski definition) is 5. The quantitative estimate of drug-likeness (QED) is 0.629. The van der Waals surface area contributed by atoms with Gasteiger partial charge in [-0.05, 0) is 31.6 Å². The highest BCUT2D eigenvalue weighted by atomic mass is 32.2. The summed E-state index contributed by atoms with van der Waals surface area (Å²) in [5.41, 5.74) is -0.187. The summed E-state index contributed by atoms with van der Waals surface area (Å²) in [6.45, 7) is 5.57. The number of hydrogen-bond donors (Lipinski definition) is 0.